The van der Waals surface area contributed by atoms with Crippen molar-refractivity contribution in [2.24, 2.45) is 0 Å². The summed E-state index contributed by atoms with van der Waals surface area (Å²) in [6, 6.07) is 14.6. The number of carbonyl (C=O) groups excluding carboxylic acids is 2. The van der Waals surface area contributed by atoms with Crippen molar-refractivity contribution in [3.05, 3.63) is 92.1 Å². The lowest BCUT2D eigenvalue weighted by Gasteiger charge is -2.25. The van der Waals surface area contributed by atoms with Gasteiger partial charge in [0.1, 0.15) is 11.8 Å². The van der Waals surface area contributed by atoms with Crippen LogP contribution in [-0.2, 0) is 10.5 Å². The van der Waals surface area contributed by atoms with Gasteiger partial charge in [0.25, 0.3) is 5.91 Å². The first-order valence-electron chi connectivity index (χ1n) is 13.3. The molecule has 41 heavy (non-hydrogen) atoms. The minimum absolute atomic E-state index is 0.0163. The zero-order valence-electron chi connectivity index (χ0n) is 23.2. The number of thioether (sulfide) groups is 1. The second kappa shape index (κ2) is 12.5. The molecule has 1 unspecified atom stereocenters. The topological polar surface area (TPSA) is 106 Å². The molecular formula is C30H30N4O4S3. The third-order valence-corrected chi connectivity index (χ3v) is 9.82. The van der Waals surface area contributed by atoms with E-state index >= 15 is 0 Å². The molecule has 1 atom stereocenters. The van der Waals surface area contributed by atoms with Crippen LogP contribution in [0.3, 0.4) is 0 Å². The summed E-state index contributed by atoms with van der Waals surface area (Å²) < 4.78 is 6.78. The molecule has 0 fully saturated rings. The lowest BCUT2D eigenvalue weighted by Crippen LogP contribution is -2.31. The first-order valence-corrected chi connectivity index (χ1v) is 15.9. The van der Waals surface area contributed by atoms with Gasteiger partial charge in [0.05, 0.1) is 27.8 Å². The predicted octanol–water partition coefficient (Wildman–Crippen LogP) is 7.17. The van der Waals surface area contributed by atoms with Crippen LogP contribution >= 0.6 is 34.4 Å². The number of amides is 1. The lowest BCUT2D eigenvalue weighted by molar-refractivity contribution is -0.117. The number of aliphatic hydroxyl groups is 1. The van der Waals surface area contributed by atoms with Gasteiger partial charge in [0.15, 0.2) is 10.1 Å². The van der Waals surface area contributed by atoms with E-state index in [4.69, 9.17) is 4.74 Å². The Kier molecular flexibility index (Phi) is 8.86. The summed E-state index contributed by atoms with van der Waals surface area (Å²) in [5, 5.41) is 20.9. The van der Waals surface area contributed by atoms with Gasteiger partial charge in [-0.2, -0.15) is 0 Å². The number of carbonyl (C=O) groups is 2. The molecule has 0 bridgehead atoms. The fourth-order valence-electron chi connectivity index (χ4n) is 4.54. The van der Waals surface area contributed by atoms with Crippen LogP contribution in [0.1, 0.15) is 62.9 Å². The van der Waals surface area contributed by atoms with Gasteiger partial charge < -0.3 is 9.84 Å². The smallest absolute Gasteiger partial charge is 0.296 e. The van der Waals surface area contributed by atoms with Gasteiger partial charge in [0.2, 0.25) is 10.9 Å². The van der Waals surface area contributed by atoms with Crippen LogP contribution < -0.4 is 9.64 Å². The monoisotopic (exact) mass is 606 g/mol. The average molecular weight is 607 g/mol. The number of ether oxygens (including phenoxy) is 1. The number of rotatable bonds is 11. The highest BCUT2D eigenvalue weighted by atomic mass is 32.2. The Hall–Kier alpha value is -3.54. The second-order valence-electron chi connectivity index (χ2n) is 9.68. The summed E-state index contributed by atoms with van der Waals surface area (Å²) in [4.78, 5) is 33.8. The molecule has 11 heteroatoms. The maximum Gasteiger partial charge on any atom is 0.296 e. The fraction of sp³-hybridized carbons (Fsp3) is 0.300. The first-order chi connectivity index (χ1) is 19.8. The minimum atomic E-state index is -0.947. The summed E-state index contributed by atoms with van der Waals surface area (Å²) >= 11 is 4.00. The first kappa shape index (κ1) is 29.0. The van der Waals surface area contributed by atoms with Gasteiger partial charge in [0, 0.05) is 11.3 Å². The molecular weight excluding hydrogens is 577 g/mol. The van der Waals surface area contributed by atoms with Crippen molar-refractivity contribution in [3.8, 4) is 5.75 Å². The molecule has 4 aromatic rings. The molecule has 0 saturated heterocycles. The van der Waals surface area contributed by atoms with Crippen molar-refractivity contribution in [1.82, 2.24) is 15.2 Å². The normalized spacial score (nSPS) is 15.2. The second-order valence-corrected chi connectivity index (χ2v) is 13.1. The third kappa shape index (κ3) is 6.07. The van der Waals surface area contributed by atoms with E-state index in [1.165, 1.54) is 44.9 Å². The molecule has 1 amide bonds. The van der Waals surface area contributed by atoms with Crippen LogP contribution in [-0.4, -0.2) is 38.6 Å². The van der Waals surface area contributed by atoms with Gasteiger partial charge in [-0.25, -0.2) is 4.98 Å². The summed E-state index contributed by atoms with van der Waals surface area (Å²) in [6.07, 6.45) is 1.81. The Morgan fingerprint density at radius 1 is 1.07 bits per heavy atom. The van der Waals surface area contributed by atoms with Crippen LogP contribution in [0.25, 0.3) is 0 Å². The number of aliphatic hydroxyl groups excluding tert-OH is 1. The van der Waals surface area contributed by atoms with E-state index in [1.807, 2.05) is 38.1 Å². The van der Waals surface area contributed by atoms with E-state index in [1.54, 1.807) is 6.92 Å². The van der Waals surface area contributed by atoms with Crippen molar-refractivity contribution < 1.29 is 19.4 Å². The summed E-state index contributed by atoms with van der Waals surface area (Å²) in [6.45, 7) is 8.18. The highest BCUT2D eigenvalue weighted by Gasteiger charge is 2.47. The SMILES string of the molecule is CCCCOc1ccccc1C1C(C(=O)c2sc(C)nc2C)=C(O)C(=O)N1c1nnc(SCc2ccc(C)cc2)s1. The molecule has 0 spiro atoms. The standard InChI is InChI=1S/C30H30N4O4S3/c1-5-6-15-38-22-10-8-7-9-21(22)24-23(25(35)27-18(3)31-19(4)40-27)26(36)28(37)34(24)29-32-33-30(41-29)39-16-20-13-11-17(2)12-14-20/h7-14,24,36H,5-6,15-16H2,1-4H3. The zero-order chi connectivity index (χ0) is 29.1. The fourth-order valence-corrected chi connectivity index (χ4v) is 7.24. The molecule has 3 heterocycles. The molecule has 2 aromatic carbocycles. The molecule has 0 saturated carbocycles. The number of benzene rings is 2. The molecule has 1 aliphatic heterocycles. The lowest BCUT2D eigenvalue weighted by atomic mass is 9.94. The van der Waals surface area contributed by atoms with Gasteiger partial charge >= 0.3 is 0 Å². The molecule has 5 rings (SSSR count). The number of hydrogen-bond acceptors (Lipinski definition) is 10. The van der Waals surface area contributed by atoms with E-state index in [0.717, 1.165) is 23.4 Å². The maximum atomic E-state index is 14.0. The van der Waals surface area contributed by atoms with Crippen molar-refractivity contribution in [2.45, 2.75) is 56.7 Å². The molecule has 1 aliphatic rings. The predicted molar refractivity (Wildman–Crippen MR) is 163 cm³/mol. The van der Waals surface area contributed by atoms with E-state index in [-0.39, 0.29) is 5.57 Å². The van der Waals surface area contributed by atoms with Crippen molar-refractivity contribution in [1.29, 1.82) is 0 Å². The summed E-state index contributed by atoms with van der Waals surface area (Å²) in [7, 11) is 0. The Morgan fingerprint density at radius 2 is 1.83 bits per heavy atom. The Labute approximate surface area is 251 Å². The number of unbranched alkanes of at least 4 members (excludes halogenated alkanes) is 1. The molecule has 1 N–H and O–H groups in total. The van der Waals surface area contributed by atoms with Crippen LogP contribution in [0.4, 0.5) is 5.13 Å². The van der Waals surface area contributed by atoms with Gasteiger partial charge in [-0.15, -0.1) is 21.5 Å². The largest absolute Gasteiger partial charge is 0.503 e. The van der Waals surface area contributed by atoms with Crippen molar-refractivity contribution >= 4 is 51.3 Å². The van der Waals surface area contributed by atoms with Crippen molar-refractivity contribution in [2.75, 3.05) is 11.5 Å². The molecule has 212 valence electrons. The van der Waals surface area contributed by atoms with E-state index in [0.29, 0.717) is 43.7 Å². The number of nitrogens with zero attached hydrogens (tertiary/aromatic N) is 4. The Bertz CT molecular complexity index is 1610. The van der Waals surface area contributed by atoms with Crippen LogP contribution in [0, 0.1) is 20.8 Å². The molecule has 2 aromatic heterocycles. The quantitative estimate of drug-likeness (QED) is 0.0829. The van der Waals surface area contributed by atoms with Crippen LogP contribution in [0.15, 0.2) is 64.2 Å². The number of hydrogen-bond donors (Lipinski definition) is 1. The van der Waals surface area contributed by atoms with Crippen molar-refractivity contribution in [3.63, 3.8) is 0 Å². The number of ketones is 1. The van der Waals surface area contributed by atoms with Crippen LogP contribution in [0.5, 0.6) is 5.75 Å². The van der Waals surface area contributed by atoms with E-state index in [2.05, 4.69) is 46.4 Å². The van der Waals surface area contributed by atoms with Crippen LogP contribution in [0.2, 0.25) is 0 Å². The minimum Gasteiger partial charge on any atom is -0.503 e. The molecule has 0 radical (unpaired) electrons. The number of para-hydroxylation sites is 1. The number of aromatic nitrogens is 3. The number of Topliss-reactive ketones (excluding diaryl/α,β-unsaturated/α-hetero) is 1. The van der Waals surface area contributed by atoms with Gasteiger partial charge in [-0.05, 0) is 38.8 Å². The number of aryl methyl sites for hydroxylation is 3. The number of anilines is 1. The number of thiazole rings is 1. The summed E-state index contributed by atoms with van der Waals surface area (Å²) in [5.74, 6) is -0.505. The zero-order valence-corrected chi connectivity index (χ0v) is 25.7. The third-order valence-electron chi connectivity index (χ3n) is 6.62. The Morgan fingerprint density at radius 3 is 2.54 bits per heavy atom. The summed E-state index contributed by atoms with van der Waals surface area (Å²) in [5.41, 5.74) is 3.47. The van der Waals surface area contributed by atoms with E-state index < -0.39 is 23.5 Å². The molecule has 0 aliphatic carbocycles. The highest BCUT2D eigenvalue weighted by Crippen LogP contribution is 2.46. The average Bonchev–Trinajstić information content (AvgIpc) is 3.64. The van der Waals surface area contributed by atoms with E-state index in [9.17, 15) is 14.7 Å². The van der Waals surface area contributed by atoms with Gasteiger partial charge in [-0.1, -0.05) is 84.5 Å². The Balaban J connectivity index is 1.53. The molecule has 8 nitrogen and oxygen atoms in total. The van der Waals surface area contributed by atoms with Gasteiger partial charge in [-0.3, -0.25) is 14.5 Å². The highest BCUT2D eigenvalue weighted by molar-refractivity contribution is 8.00. The maximum absolute atomic E-state index is 14.0.